The van der Waals surface area contributed by atoms with Gasteiger partial charge < -0.3 is 19.1 Å². The Labute approximate surface area is 162 Å². The van der Waals surface area contributed by atoms with Crippen molar-refractivity contribution < 1.29 is 23.4 Å². The van der Waals surface area contributed by atoms with Crippen LogP contribution < -0.4 is 9.47 Å². The average molecular weight is 394 g/mol. The number of halogens is 2. The minimum absolute atomic E-state index is 0.0482. The molecule has 1 aliphatic rings. The molecule has 1 atom stereocenters. The van der Waals surface area contributed by atoms with Crippen molar-refractivity contribution in [2.45, 2.75) is 13.0 Å². The zero-order valence-electron chi connectivity index (χ0n) is 15.2. The second kappa shape index (κ2) is 8.59. The molecule has 0 aliphatic carbocycles. The first-order valence-corrected chi connectivity index (χ1v) is 8.99. The van der Waals surface area contributed by atoms with Gasteiger partial charge in [0.15, 0.2) is 11.6 Å². The number of amides is 1. The molecule has 1 heterocycles. The molecule has 0 radical (unpaired) electrons. The average Bonchev–Trinajstić information content (AvgIpc) is 2.69. The second-order valence-electron chi connectivity index (χ2n) is 6.32. The van der Waals surface area contributed by atoms with Crippen LogP contribution in [0, 0.1) is 12.7 Å². The Balaban J connectivity index is 1.61. The highest BCUT2D eigenvalue weighted by molar-refractivity contribution is 6.31. The monoisotopic (exact) mass is 393 g/mol. The normalized spacial score (nSPS) is 16.9. The zero-order valence-corrected chi connectivity index (χ0v) is 16.0. The van der Waals surface area contributed by atoms with Gasteiger partial charge in [-0.05, 0) is 48.9 Å². The number of methoxy groups -OCH3 is 1. The first-order chi connectivity index (χ1) is 13.0. The molecule has 0 saturated carbocycles. The molecule has 2 aromatic carbocycles. The standard InChI is InChI=1S/C20H21ClFNO4/c1-13-9-15(4-5-17(13)21)27-12-16-11-23(7-8-26-16)20(24)14-3-6-18(22)19(10-14)25-2/h3-6,9-10,16H,7-8,11-12H2,1-2H3. The summed E-state index contributed by atoms with van der Waals surface area (Å²) in [5.74, 6) is 0.0591. The maximum Gasteiger partial charge on any atom is 0.254 e. The van der Waals surface area contributed by atoms with E-state index in [9.17, 15) is 9.18 Å². The molecule has 2 aromatic rings. The molecule has 0 bridgehead atoms. The summed E-state index contributed by atoms with van der Waals surface area (Å²) in [6.45, 7) is 3.50. The van der Waals surface area contributed by atoms with Crippen molar-refractivity contribution in [1.29, 1.82) is 0 Å². The summed E-state index contributed by atoms with van der Waals surface area (Å²) in [7, 11) is 1.37. The van der Waals surface area contributed by atoms with Crippen LogP contribution in [0.2, 0.25) is 5.02 Å². The van der Waals surface area contributed by atoms with E-state index in [-0.39, 0.29) is 17.8 Å². The van der Waals surface area contributed by atoms with E-state index in [0.717, 1.165) is 5.56 Å². The number of hydrogen-bond donors (Lipinski definition) is 0. The maximum atomic E-state index is 13.6. The summed E-state index contributed by atoms with van der Waals surface area (Å²) < 4.78 is 30.0. The third-order valence-corrected chi connectivity index (χ3v) is 4.81. The van der Waals surface area contributed by atoms with Gasteiger partial charge in [-0.2, -0.15) is 0 Å². The van der Waals surface area contributed by atoms with Crippen molar-refractivity contribution in [3.8, 4) is 11.5 Å². The number of hydrogen-bond acceptors (Lipinski definition) is 4. The zero-order chi connectivity index (χ0) is 19.4. The van der Waals surface area contributed by atoms with Gasteiger partial charge in [-0.25, -0.2) is 4.39 Å². The number of ether oxygens (including phenoxy) is 3. The fourth-order valence-electron chi connectivity index (χ4n) is 2.88. The second-order valence-corrected chi connectivity index (χ2v) is 6.72. The van der Waals surface area contributed by atoms with Gasteiger partial charge in [-0.3, -0.25) is 4.79 Å². The van der Waals surface area contributed by atoms with Crippen LogP contribution in [0.1, 0.15) is 15.9 Å². The molecule has 1 saturated heterocycles. The minimum Gasteiger partial charge on any atom is -0.494 e. The summed E-state index contributed by atoms with van der Waals surface area (Å²) in [6, 6.07) is 9.54. The van der Waals surface area contributed by atoms with E-state index in [2.05, 4.69) is 0 Å². The van der Waals surface area contributed by atoms with Gasteiger partial charge in [0.25, 0.3) is 5.91 Å². The molecule has 5 nitrogen and oxygen atoms in total. The highest BCUT2D eigenvalue weighted by atomic mass is 35.5. The van der Waals surface area contributed by atoms with Crippen LogP contribution >= 0.6 is 11.6 Å². The maximum absolute atomic E-state index is 13.6. The Bertz CT molecular complexity index is 830. The van der Waals surface area contributed by atoms with Crippen LogP contribution in [0.5, 0.6) is 11.5 Å². The molecule has 3 rings (SSSR count). The van der Waals surface area contributed by atoms with Crippen LogP contribution in [0.4, 0.5) is 4.39 Å². The summed E-state index contributed by atoms with van der Waals surface area (Å²) in [4.78, 5) is 14.4. The Hall–Kier alpha value is -2.31. The van der Waals surface area contributed by atoms with Crippen molar-refractivity contribution in [2.75, 3.05) is 33.4 Å². The molecule has 1 aliphatic heterocycles. The highest BCUT2D eigenvalue weighted by Gasteiger charge is 2.26. The largest absolute Gasteiger partial charge is 0.494 e. The molecule has 0 N–H and O–H groups in total. The molecule has 27 heavy (non-hydrogen) atoms. The van der Waals surface area contributed by atoms with E-state index < -0.39 is 5.82 Å². The van der Waals surface area contributed by atoms with Crippen LogP contribution in [0.15, 0.2) is 36.4 Å². The van der Waals surface area contributed by atoms with Crippen LogP contribution in [0.3, 0.4) is 0 Å². The first-order valence-electron chi connectivity index (χ1n) is 8.61. The molecule has 1 unspecified atom stereocenters. The van der Waals surface area contributed by atoms with E-state index in [4.69, 9.17) is 25.8 Å². The van der Waals surface area contributed by atoms with Gasteiger partial charge in [-0.1, -0.05) is 11.6 Å². The van der Waals surface area contributed by atoms with Crippen molar-refractivity contribution in [1.82, 2.24) is 4.90 Å². The smallest absolute Gasteiger partial charge is 0.254 e. The van der Waals surface area contributed by atoms with Crippen molar-refractivity contribution in [2.24, 2.45) is 0 Å². The SMILES string of the molecule is COc1cc(C(=O)N2CCOC(COc3ccc(Cl)c(C)c3)C2)ccc1F. The van der Waals surface area contributed by atoms with Crippen molar-refractivity contribution >= 4 is 17.5 Å². The molecule has 1 amide bonds. The molecule has 0 aromatic heterocycles. The van der Waals surface area contributed by atoms with Crippen LogP contribution in [0.25, 0.3) is 0 Å². The van der Waals surface area contributed by atoms with Gasteiger partial charge in [0.05, 0.1) is 20.3 Å². The van der Waals surface area contributed by atoms with E-state index in [0.29, 0.717) is 42.6 Å². The highest BCUT2D eigenvalue weighted by Crippen LogP contribution is 2.22. The van der Waals surface area contributed by atoms with Gasteiger partial charge in [0.1, 0.15) is 18.5 Å². The predicted molar refractivity (Wildman–Crippen MR) is 100 cm³/mol. The number of carbonyl (C=O) groups is 1. The summed E-state index contributed by atoms with van der Waals surface area (Å²) >= 11 is 6.02. The number of rotatable bonds is 5. The van der Waals surface area contributed by atoms with E-state index >= 15 is 0 Å². The number of nitrogens with zero attached hydrogens (tertiary/aromatic N) is 1. The van der Waals surface area contributed by atoms with Gasteiger partial charge in [0, 0.05) is 17.1 Å². The molecule has 0 spiro atoms. The van der Waals surface area contributed by atoms with Crippen molar-refractivity contribution in [3.05, 3.63) is 58.4 Å². The summed E-state index contributed by atoms with van der Waals surface area (Å²) in [5.41, 5.74) is 1.31. The lowest BCUT2D eigenvalue weighted by Crippen LogP contribution is -2.47. The fraction of sp³-hybridized carbons (Fsp3) is 0.350. The Morgan fingerprint density at radius 1 is 1.33 bits per heavy atom. The number of carbonyl (C=O) groups excluding carboxylic acids is 1. The molecular formula is C20H21ClFNO4. The molecule has 144 valence electrons. The lowest BCUT2D eigenvalue weighted by molar-refractivity contribution is -0.0401. The molecule has 7 heteroatoms. The van der Waals surface area contributed by atoms with Crippen LogP contribution in [-0.4, -0.2) is 50.3 Å². The minimum atomic E-state index is -0.499. The lowest BCUT2D eigenvalue weighted by Gasteiger charge is -2.33. The van der Waals surface area contributed by atoms with E-state index in [1.165, 1.54) is 25.3 Å². The molecular weight excluding hydrogens is 373 g/mol. The third kappa shape index (κ3) is 4.70. The molecule has 1 fully saturated rings. The number of morpholine rings is 1. The lowest BCUT2D eigenvalue weighted by atomic mass is 10.1. The third-order valence-electron chi connectivity index (χ3n) is 4.39. The van der Waals surface area contributed by atoms with Gasteiger partial charge in [-0.15, -0.1) is 0 Å². The van der Waals surface area contributed by atoms with Gasteiger partial charge in [0.2, 0.25) is 0 Å². The number of benzene rings is 2. The Morgan fingerprint density at radius 2 is 2.15 bits per heavy atom. The van der Waals surface area contributed by atoms with E-state index in [1.807, 2.05) is 13.0 Å². The Morgan fingerprint density at radius 3 is 2.89 bits per heavy atom. The van der Waals surface area contributed by atoms with Gasteiger partial charge >= 0.3 is 0 Å². The number of aryl methyl sites for hydroxylation is 1. The first kappa shape index (κ1) is 19.5. The van der Waals surface area contributed by atoms with Crippen molar-refractivity contribution in [3.63, 3.8) is 0 Å². The topological polar surface area (TPSA) is 48.0 Å². The summed E-state index contributed by atoms with van der Waals surface area (Å²) in [6.07, 6.45) is -0.249. The Kier molecular flexibility index (Phi) is 6.19. The predicted octanol–water partition coefficient (Wildman–Crippen LogP) is 3.72. The van der Waals surface area contributed by atoms with Crippen LogP contribution in [-0.2, 0) is 4.74 Å². The quantitative estimate of drug-likeness (QED) is 0.776. The summed E-state index contributed by atoms with van der Waals surface area (Å²) in [5, 5.41) is 0.683. The fourth-order valence-corrected chi connectivity index (χ4v) is 2.99. The van der Waals surface area contributed by atoms with E-state index in [1.54, 1.807) is 17.0 Å².